The smallest absolute Gasteiger partial charge is 0.315 e. The standard InChI is InChI=1S/C24H28FIN8O/c1-5-11-27-24-32-31-23(35-24)17-14-34-19(8-6-7-12-33(3)4)29-30-22(34)20(25)21(17)28-18-10-9-16(26)13-15(18)2/h5,9-10,13-14,28H,1,6-8,11-12H2,2-4H3,(H,27,32). The van der Waals surface area contributed by atoms with Crippen LogP contribution in [0.4, 0.5) is 21.8 Å². The summed E-state index contributed by atoms with van der Waals surface area (Å²) in [5, 5.41) is 22.8. The van der Waals surface area contributed by atoms with Crippen LogP contribution >= 0.6 is 22.6 Å². The molecule has 0 fully saturated rings. The number of halogens is 2. The van der Waals surface area contributed by atoms with E-state index in [1.54, 1.807) is 16.7 Å². The van der Waals surface area contributed by atoms with Crippen LogP contribution in [0, 0.1) is 16.3 Å². The highest BCUT2D eigenvalue weighted by molar-refractivity contribution is 14.1. The van der Waals surface area contributed by atoms with Gasteiger partial charge in [-0.1, -0.05) is 11.2 Å². The number of hydrogen-bond acceptors (Lipinski definition) is 8. The first-order valence-corrected chi connectivity index (χ1v) is 12.4. The van der Waals surface area contributed by atoms with Gasteiger partial charge in [-0.15, -0.1) is 21.9 Å². The van der Waals surface area contributed by atoms with Crippen molar-refractivity contribution in [1.82, 2.24) is 29.7 Å². The van der Waals surface area contributed by atoms with E-state index in [0.29, 0.717) is 24.4 Å². The fourth-order valence-electron chi connectivity index (χ4n) is 3.66. The highest BCUT2D eigenvalue weighted by Crippen LogP contribution is 2.35. The molecule has 0 aliphatic heterocycles. The number of rotatable bonds is 11. The van der Waals surface area contributed by atoms with Crippen molar-refractivity contribution >= 4 is 45.6 Å². The van der Waals surface area contributed by atoms with Crippen LogP contribution in [0.2, 0.25) is 0 Å². The van der Waals surface area contributed by atoms with Gasteiger partial charge in [-0.2, -0.15) is 0 Å². The number of nitrogens with zero attached hydrogens (tertiary/aromatic N) is 6. The Balaban J connectivity index is 1.77. The predicted octanol–water partition coefficient (Wildman–Crippen LogP) is 5.06. The van der Waals surface area contributed by atoms with Gasteiger partial charge in [0, 0.05) is 28.4 Å². The summed E-state index contributed by atoms with van der Waals surface area (Å²) in [6.45, 7) is 7.08. The Morgan fingerprint density at radius 3 is 2.77 bits per heavy atom. The molecule has 0 unspecified atom stereocenters. The Kier molecular flexibility index (Phi) is 7.96. The summed E-state index contributed by atoms with van der Waals surface area (Å²) in [7, 11) is 4.08. The maximum atomic E-state index is 15.9. The van der Waals surface area contributed by atoms with Gasteiger partial charge < -0.3 is 20.0 Å². The Morgan fingerprint density at radius 1 is 1.20 bits per heavy atom. The van der Waals surface area contributed by atoms with Crippen LogP contribution in [0.5, 0.6) is 0 Å². The van der Waals surface area contributed by atoms with Gasteiger partial charge in [0.1, 0.15) is 5.82 Å². The minimum absolute atomic E-state index is 0.145. The molecule has 1 aromatic carbocycles. The van der Waals surface area contributed by atoms with Gasteiger partial charge in [-0.25, -0.2) is 4.39 Å². The van der Waals surface area contributed by atoms with Gasteiger partial charge in [-0.05, 0) is 86.8 Å². The van der Waals surface area contributed by atoms with Crippen molar-refractivity contribution < 1.29 is 8.81 Å². The second-order valence-electron chi connectivity index (χ2n) is 8.47. The Labute approximate surface area is 217 Å². The Bertz CT molecular complexity index is 1330. The van der Waals surface area contributed by atoms with Crippen molar-refractivity contribution in [1.29, 1.82) is 0 Å². The topological polar surface area (TPSA) is 96.4 Å². The fraction of sp³-hybridized carbons (Fsp3) is 0.333. The van der Waals surface area contributed by atoms with E-state index in [2.05, 4.69) is 65.1 Å². The third kappa shape index (κ3) is 5.78. The van der Waals surface area contributed by atoms with Gasteiger partial charge in [0.05, 0.1) is 11.3 Å². The van der Waals surface area contributed by atoms with Crippen molar-refractivity contribution in [2.45, 2.75) is 26.2 Å². The second-order valence-corrected chi connectivity index (χ2v) is 9.71. The monoisotopic (exact) mass is 590 g/mol. The zero-order chi connectivity index (χ0) is 24.9. The first-order chi connectivity index (χ1) is 16.9. The van der Waals surface area contributed by atoms with Crippen molar-refractivity contribution in [2.75, 3.05) is 37.8 Å². The normalized spacial score (nSPS) is 11.4. The van der Waals surface area contributed by atoms with E-state index < -0.39 is 5.82 Å². The molecule has 35 heavy (non-hydrogen) atoms. The number of benzene rings is 1. The molecule has 9 nitrogen and oxygen atoms in total. The number of pyridine rings is 1. The van der Waals surface area contributed by atoms with E-state index in [9.17, 15) is 0 Å². The number of nitrogens with one attached hydrogen (secondary N) is 2. The van der Waals surface area contributed by atoms with Crippen molar-refractivity contribution in [3.05, 3.63) is 57.8 Å². The highest BCUT2D eigenvalue weighted by atomic mass is 127. The minimum atomic E-state index is -0.536. The first kappa shape index (κ1) is 25.0. The summed E-state index contributed by atoms with van der Waals surface area (Å²) in [6.07, 6.45) is 6.03. The lowest BCUT2D eigenvalue weighted by Crippen LogP contribution is -2.13. The number of unbranched alkanes of at least 4 members (excludes halogenated alkanes) is 1. The lowest BCUT2D eigenvalue weighted by atomic mass is 10.1. The number of aromatic nitrogens is 5. The first-order valence-electron chi connectivity index (χ1n) is 11.3. The molecule has 11 heteroatoms. The molecule has 0 aliphatic rings. The number of anilines is 3. The predicted molar refractivity (Wildman–Crippen MR) is 144 cm³/mol. The van der Waals surface area contributed by atoms with Gasteiger partial charge >= 0.3 is 6.01 Å². The summed E-state index contributed by atoms with van der Waals surface area (Å²) in [6, 6.07) is 6.12. The van der Waals surface area contributed by atoms with Crippen LogP contribution in [0.25, 0.3) is 17.1 Å². The van der Waals surface area contributed by atoms with Crippen LogP contribution in [0.15, 0.2) is 41.5 Å². The molecule has 4 aromatic rings. The molecule has 184 valence electrons. The van der Waals surface area contributed by atoms with Crippen molar-refractivity contribution in [2.24, 2.45) is 0 Å². The summed E-state index contributed by atoms with van der Waals surface area (Å²) in [4.78, 5) is 2.14. The average Bonchev–Trinajstić information content (AvgIpc) is 3.45. The molecule has 4 rings (SSSR count). The van der Waals surface area contributed by atoms with E-state index in [1.165, 1.54) is 0 Å². The zero-order valence-corrected chi connectivity index (χ0v) is 22.1. The Morgan fingerprint density at radius 2 is 2.03 bits per heavy atom. The van der Waals surface area contributed by atoms with Gasteiger partial charge in [-0.3, -0.25) is 4.40 Å². The zero-order valence-electron chi connectivity index (χ0n) is 20.0. The average molecular weight is 590 g/mol. The second kappa shape index (κ2) is 11.1. The van der Waals surface area contributed by atoms with E-state index in [-0.39, 0.29) is 23.2 Å². The lowest BCUT2D eigenvalue weighted by molar-refractivity contribution is 0.393. The van der Waals surface area contributed by atoms with E-state index in [0.717, 1.165) is 34.2 Å². The van der Waals surface area contributed by atoms with Gasteiger partial charge in [0.25, 0.3) is 5.89 Å². The molecule has 0 aliphatic carbocycles. The summed E-state index contributed by atoms with van der Waals surface area (Å²) in [5.41, 5.74) is 2.51. The van der Waals surface area contributed by atoms with E-state index >= 15 is 4.39 Å². The molecule has 0 atom stereocenters. The lowest BCUT2D eigenvalue weighted by Gasteiger charge is -2.15. The van der Waals surface area contributed by atoms with E-state index in [1.807, 2.05) is 39.2 Å². The van der Waals surface area contributed by atoms with Crippen LogP contribution in [0.1, 0.15) is 24.2 Å². The van der Waals surface area contributed by atoms with Crippen molar-refractivity contribution in [3.8, 4) is 11.5 Å². The Hall–Kier alpha value is -3.06. The molecule has 0 saturated heterocycles. The molecule has 0 spiro atoms. The molecule has 2 N–H and O–H groups in total. The number of fused-ring (bicyclic) bond motifs is 1. The molecule has 0 saturated carbocycles. The summed E-state index contributed by atoms with van der Waals surface area (Å²) < 4.78 is 24.5. The van der Waals surface area contributed by atoms with Gasteiger partial charge in [0.2, 0.25) is 0 Å². The van der Waals surface area contributed by atoms with Crippen molar-refractivity contribution in [3.63, 3.8) is 0 Å². The van der Waals surface area contributed by atoms with Crippen LogP contribution in [0.3, 0.4) is 0 Å². The summed E-state index contributed by atoms with van der Waals surface area (Å²) in [5.74, 6) is 0.321. The maximum absolute atomic E-state index is 15.9. The highest BCUT2D eigenvalue weighted by Gasteiger charge is 2.23. The SMILES string of the molecule is C=CCNc1nnc(-c2cn3c(CCCCN(C)C)nnc3c(F)c2Nc2ccc(I)cc2C)o1. The molecule has 0 radical (unpaired) electrons. The van der Waals surface area contributed by atoms with Crippen LogP contribution in [-0.4, -0.2) is 56.9 Å². The summed E-state index contributed by atoms with van der Waals surface area (Å²) >= 11 is 2.25. The molecule has 0 bridgehead atoms. The maximum Gasteiger partial charge on any atom is 0.315 e. The number of hydrogen-bond donors (Lipinski definition) is 2. The van der Waals surface area contributed by atoms with Crippen LogP contribution < -0.4 is 10.6 Å². The van der Waals surface area contributed by atoms with Crippen LogP contribution in [-0.2, 0) is 6.42 Å². The fourth-order valence-corrected chi connectivity index (χ4v) is 4.31. The molecular weight excluding hydrogens is 562 g/mol. The minimum Gasteiger partial charge on any atom is -0.403 e. The largest absolute Gasteiger partial charge is 0.403 e. The van der Waals surface area contributed by atoms with E-state index in [4.69, 9.17) is 4.42 Å². The molecule has 3 heterocycles. The quantitative estimate of drug-likeness (QED) is 0.142. The third-order valence-electron chi connectivity index (χ3n) is 5.47. The molecule has 3 aromatic heterocycles. The molecular formula is C24H28FIN8O. The third-order valence-corrected chi connectivity index (χ3v) is 6.14. The number of aryl methyl sites for hydroxylation is 2. The van der Waals surface area contributed by atoms with Gasteiger partial charge in [0.15, 0.2) is 11.5 Å². The molecule has 0 amide bonds.